The maximum atomic E-state index is 10.3. The van der Waals surface area contributed by atoms with Gasteiger partial charge in [-0.1, -0.05) is 123 Å². The monoisotopic (exact) mass is 370 g/mol. The van der Waals surface area contributed by atoms with Crippen molar-refractivity contribution in [3.8, 4) is 0 Å². The molecule has 0 aromatic heterocycles. The molecular weight excluding hydrogens is 320 g/mol. The molecule has 0 bridgehead atoms. The van der Waals surface area contributed by atoms with Gasteiger partial charge in [0.05, 0.1) is 6.10 Å². The van der Waals surface area contributed by atoms with Gasteiger partial charge in [0, 0.05) is 12.5 Å². The van der Waals surface area contributed by atoms with E-state index in [1.165, 1.54) is 96.3 Å². The molecule has 0 saturated carbocycles. The summed E-state index contributed by atoms with van der Waals surface area (Å²) >= 11 is 0. The van der Waals surface area contributed by atoms with Gasteiger partial charge in [0.1, 0.15) is 0 Å². The lowest BCUT2D eigenvalue weighted by atomic mass is 9.92. The van der Waals surface area contributed by atoms with E-state index >= 15 is 0 Å². The zero-order valence-corrected chi connectivity index (χ0v) is 18.2. The topological polar surface area (TPSA) is 40.5 Å². The molecule has 0 spiro atoms. The molecule has 2 nitrogen and oxygen atoms in total. The second-order valence-electron chi connectivity index (χ2n) is 8.39. The van der Waals surface area contributed by atoms with Crippen molar-refractivity contribution in [2.24, 2.45) is 5.92 Å². The third-order valence-corrected chi connectivity index (χ3v) is 5.81. The first-order valence-corrected chi connectivity index (χ1v) is 12.0. The predicted octanol–water partition coefficient (Wildman–Crippen LogP) is 7.41. The molecule has 0 aromatic carbocycles. The molecule has 158 valence electrons. The van der Waals surface area contributed by atoms with Crippen LogP contribution in [0.5, 0.6) is 0 Å². The van der Waals surface area contributed by atoms with Crippen molar-refractivity contribution in [3.05, 3.63) is 0 Å². The minimum absolute atomic E-state index is 0.101. The lowest BCUT2D eigenvalue weighted by molar-refractivity contribution is 0.0528. The van der Waals surface area contributed by atoms with Gasteiger partial charge in [-0.15, -0.1) is 0 Å². The van der Waals surface area contributed by atoms with Gasteiger partial charge in [-0.2, -0.15) is 0 Å². The SMILES string of the molecule is CCCCCCCCCCCC(O)C(CO)CCCCCCCCCC. The molecular formula is C24H50O2. The van der Waals surface area contributed by atoms with Crippen molar-refractivity contribution in [2.75, 3.05) is 6.61 Å². The first kappa shape index (κ1) is 25.9. The van der Waals surface area contributed by atoms with Crippen LogP contribution in [0, 0.1) is 5.92 Å². The fourth-order valence-electron chi connectivity index (χ4n) is 3.85. The molecule has 2 N–H and O–H groups in total. The van der Waals surface area contributed by atoms with Crippen LogP contribution in [0.1, 0.15) is 136 Å². The van der Waals surface area contributed by atoms with Crippen molar-refractivity contribution in [2.45, 2.75) is 142 Å². The summed E-state index contributed by atoms with van der Waals surface area (Å²) in [5.74, 6) is 0.101. The Morgan fingerprint density at radius 2 is 0.846 bits per heavy atom. The highest BCUT2D eigenvalue weighted by molar-refractivity contribution is 4.68. The van der Waals surface area contributed by atoms with Crippen molar-refractivity contribution in [1.82, 2.24) is 0 Å². The normalized spacial score (nSPS) is 13.8. The smallest absolute Gasteiger partial charge is 0.0590 e. The molecule has 0 heterocycles. The van der Waals surface area contributed by atoms with Crippen molar-refractivity contribution >= 4 is 0 Å². The van der Waals surface area contributed by atoms with E-state index in [9.17, 15) is 10.2 Å². The molecule has 0 rings (SSSR count). The number of hydrogen-bond acceptors (Lipinski definition) is 2. The summed E-state index contributed by atoms with van der Waals surface area (Å²) in [6, 6.07) is 0. The largest absolute Gasteiger partial charge is 0.396 e. The van der Waals surface area contributed by atoms with Gasteiger partial charge in [0.25, 0.3) is 0 Å². The average Bonchev–Trinajstić information content (AvgIpc) is 2.65. The van der Waals surface area contributed by atoms with E-state index in [4.69, 9.17) is 0 Å². The summed E-state index contributed by atoms with van der Waals surface area (Å²) in [4.78, 5) is 0. The van der Waals surface area contributed by atoms with E-state index in [2.05, 4.69) is 13.8 Å². The molecule has 2 unspecified atom stereocenters. The standard InChI is InChI=1S/C24H50O2/c1-3-5-7-9-11-13-15-17-19-21-24(26)23(22-25)20-18-16-14-12-10-8-6-4-2/h23-26H,3-22H2,1-2H3. The van der Waals surface area contributed by atoms with Crippen LogP contribution >= 0.6 is 0 Å². The summed E-state index contributed by atoms with van der Waals surface area (Å²) in [7, 11) is 0. The van der Waals surface area contributed by atoms with Crippen LogP contribution in [0.2, 0.25) is 0 Å². The van der Waals surface area contributed by atoms with Gasteiger partial charge in [-0.25, -0.2) is 0 Å². The van der Waals surface area contributed by atoms with Crippen LogP contribution < -0.4 is 0 Å². The Labute approximate surface area is 165 Å². The number of aliphatic hydroxyl groups excluding tert-OH is 2. The minimum Gasteiger partial charge on any atom is -0.396 e. The lowest BCUT2D eigenvalue weighted by Crippen LogP contribution is -2.23. The Morgan fingerprint density at radius 1 is 0.500 bits per heavy atom. The summed E-state index contributed by atoms with van der Waals surface area (Å²) in [5.41, 5.74) is 0. The molecule has 0 aliphatic heterocycles. The number of rotatable bonds is 21. The highest BCUT2D eigenvalue weighted by Crippen LogP contribution is 2.20. The van der Waals surface area contributed by atoms with Crippen molar-refractivity contribution in [1.29, 1.82) is 0 Å². The van der Waals surface area contributed by atoms with Crippen LogP contribution in [-0.2, 0) is 0 Å². The van der Waals surface area contributed by atoms with E-state index < -0.39 is 0 Å². The molecule has 0 aliphatic carbocycles. The molecule has 0 fully saturated rings. The van der Waals surface area contributed by atoms with Crippen molar-refractivity contribution < 1.29 is 10.2 Å². The van der Waals surface area contributed by atoms with Gasteiger partial charge in [0.15, 0.2) is 0 Å². The quantitative estimate of drug-likeness (QED) is 0.206. The third kappa shape index (κ3) is 17.3. The Balaban J connectivity index is 3.48. The zero-order chi connectivity index (χ0) is 19.3. The first-order valence-electron chi connectivity index (χ1n) is 12.0. The van der Waals surface area contributed by atoms with Crippen LogP contribution in [0.3, 0.4) is 0 Å². The van der Waals surface area contributed by atoms with E-state index in [1.807, 2.05) is 0 Å². The lowest BCUT2D eigenvalue weighted by Gasteiger charge is -2.21. The minimum atomic E-state index is -0.297. The third-order valence-electron chi connectivity index (χ3n) is 5.81. The molecule has 2 heteroatoms. The molecule has 0 aliphatic rings. The van der Waals surface area contributed by atoms with E-state index in [0.29, 0.717) is 0 Å². The summed E-state index contributed by atoms with van der Waals surface area (Å²) < 4.78 is 0. The Hall–Kier alpha value is -0.0800. The molecule has 0 saturated heterocycles. The van der Waals surface area contributed by atoms with Gasteiger partial charge in [-0.3, -0.25) is 0 Å². The van der Waals surface area contributed by atoms with Crippen molar-refractivity contribution in [3.63, 3.8) is 0 Å². The van der Waals surface area contributed by atoms with E-state index in [1.54, 1.807) is 0 Å². The summed E-state index contributed by atoms with van der Waals surface area (Å²) in [6.07, 6.45) is 24.0. The molecule has 0 amide bonds. The maximum absolute atomic E-state index is 10.3. The Bertz CT molecular complexity index is 255. The summed E-state index contributed by atoms with van der Waals surface area (Å²) in [6.45, 7) is 4.67. The van der Waals surface area contributed by atoms with Gasteiger partial charge < -0.3 is 10.2 Å². The van der Waals surface area contributed by atoms with Gasteiger partial charge >= 0.3 is 0 Å². The van der Waals surface area contributed by atoms with Gasteiger partial charge in [0.2, 0.25) is 0 Å². The molecule has 26 heavy (non-hydrogen) atoms. The van der Waals surface area contributed by atoms with E-state index in [0.717, 1.165) is 25.7 Å². The fourth-order valence-corrected chi connectivity index (χ4v) is 3.85. The van der Waals surface area contributed by atoms with Crippen LogP contribution in [-0.4, -0.2) is 22.9 Å². The van der Waals surface area contributed by atoms with Crippen LogP contribution in [0.4, 0.5) is 0 Å². The Morgan fingerprint density at radius 3 is 1.23 bits per heavy atom. The molecule has 2 atom stereocenters. The first-order chi connectivity index (χ1) is 12.8. The average molecular weight is 371 g/mol. The fraction of sp³-hybridized carbons (Fsp3) is 1.00. The zero-order valence-electron chi connectivity index (χ0n) is 18.2. The highest BCUT2D eigenvalue weighted by atomic mass is 16.3. The molecule has 0 radical (unpaired) electrons. The number of hydrogen-bond donors (Lipinski definition) is 2. The Kier molecular flexibility index (Phi) is 21.2. The highest BCUT2D eigenvalue weighted by Gasteiger charge is 2.17. The second kappa shape index (κ2) is 21.2. The van der Waals surface area contributed by atoms with E-state index in [-0.39, 0.29) is 18.6 Å². The van der Waals surface area contributed by atoms with Crippen LogP contribution in [0.15, 0.2) is 0 Å². The maximum Gasteiger partial charge on any atom is 0.0590 e. The summed E-state index contributed by atoms with van der Waals surface area (Å²) in [5, 5.41) is 19.9. The second-order valence-corrected chi connectivity index (χ2v) is 8.39. The van der Waals surface area contributed by atoms with Crippen LogP contribution in [0.25, 0.3) is 0 Å². The predicted molar refractivity (Wildman–Crippen MR) is 116 cm³/mol. The van der Waals surface area contributed by atoms with Gasteiger partial charge in [-0.05, 0) is 12.8 Å². The number of aliphatic hydroxyl groups is 2. The number of unbranched alkanes of at least 4 members (excludes halogenated alkanes) is 15. The molecule has 0 aromatic rings.